The fraction of sp³-hybridized carbons (Fsp3) is 0.955. The molecule has 0 saturated heterocycles. The van der Waals surface area contributed by atoms with E-state index in [9.17, 15) is 43.2 Å². The van der Waals surface area contributed by atoms with Crippen molar-refractivity contribution in [3.8, 4) is 0 Å². The molecule has 0 fully saturated rings. The summed E-state index contributed by atoms with van der Waals surface area (Å²) >= 11 is 0. The molecule has 0 radical (unpaired) electrons. The Kier molecular flexibility index (Phi) is 76.2. The molecule has 0 aliphatic heterocycles. The first-order valence-electron chi connectivity index (χ1n) is 45.8. The van der Waals surface area contributed by atoms with Crippen molar-refractivity contribution in [2.24, 2.45) is 23.7 Å². The van der Waals surface area contributed by atoms with Crippen LogP contribution < -0.4 is 0 Å². The maximum Gasteiger partial charge on any atom is 0.472 e. The normalized spacial score (nSPS) is 14.6. The molecule has 8 atom stereocenters. The van der Waals surface area contributed by atoms with Crippen LogP contribution in [-0.2, 0) is 65.4 Å². The molecule has 19 heteroatoms. The minimum absolute atomic E-state index is 0.107. The average Bonchev–Trinajstić information content (AvgIpc) is 0.898. The van der Waals surface area contributed by atoms with Crippen molar-refractivity contribution in [2.75, 3.05) is 39.6 Å². The van der Waals surface area contributed by atoms with Gasteiger partial charge in [0.15, 0.2) is 12.2 Å². The van der Waals surface area contributed by atoms with Gasteiger partial charge in [0, 0.05) is 25.7 Å². The number of unbranched alkanes of at least 4 members (excludes halogenated alkanes) is 49. The highest BCUT2D eigenvalue weighted by atomic mass is 31.2. The molecule has 0 aromatic rings. The summed E-state index contributed by atoms with van der Waals surface area (Å²) in [7, 11) is -9.93. The van der Waals surface area contributed by atoms with Crippen molar-refractivity contribution in [3.63, 3.8) is 0 Å². The maximum atomic E-state index is 13.2. The van der Waals surface area contributed by atoms with E-state index in [-0.39, 0.29) is 25.7 Å². The second-order valence-corrected chi connectivity index (χ2v) is 36.1. The number of carbonyl (C=O) groups is 4. The van der Waals surface area contributed by atoms with Crippen LogP contribution in [0.4, 0.5) is 0 Å². The first-order chi connectivity index (χ1) is 52.2. The van der Waals surface area contributed by atoms with Crippen molar-refractivity contribution < 1.29 is 80.2 Å². The highest BCUT2D eigenvalue weighted by Gasteiger charge is 2.31. The molecule has 0 rings (SSSR count). The summed E-state index contributed by atoms with van der Waals surface area (Å²) in [4.78, 5) is 73.3. The van der Waals surface area contributed by atoms with Crippen LogP contribution in [0.3, 0.4) is 0 Å². The predicted octanol–water partition coefficient (Wildman–Crippen LogP) is 27.1. The zero-order chi connectivity index (χ0) is 79.5. The molecule has 0 heterocycles. The summed E-state index contributed by atoms with van der Waals surface area (Å²) in [6.07, 6.45) is 68.0. The molecule has 5 unspecified atom stereocenters. The largest absolute Gasteiger partial charge is 0.472 e. The van der Waals surface area contributed by atoms with E-state index >= 15 is 0 Å². The van der Waals surface area contributed by atoms with E-state index in [0.717, 1.165) is 120 Å². The zero-order valence-corrected chi connectivity index (χ0v) is 73.3. The molecule has 0 aromatic carbocycles. The first-order valence-corrected chi connectivity index (χ1v) is 48.8. The highest BCUT2D eigenvalue weighted by molar-refractivity contribution is 7.47. The van der Waals surface area contributed by atoms with Gasteiger partial charge in [-0.1, -0.05) is 415 Å². The number of phosphoric acid groups is 2. The van der Waals surface area contributed by atoms with Gasteiger partial charge in [-0.3, -0.25) is 37.3 Å². The molecule has 0 aliphatic rings. The average molecular weight is 1580 g/mol. The van der Waals surface area contributed by atoms with Crippen molar-refractivity contribution in [1.29, 1.82) is 0 Å². The topological polar surface area (TPSA) is 237 Å². The summed E-state index contributed by atoms with van der Waals surface area (Å²) in [6.45, 7) is 14.4. The summed E-state index contributed by atoms with van der Waals surface area (Å²) in [5.74, 6) is 1.15. The molecular formula is C89H174O17P2. The molecule has 0 saturated carbocycles. The fourth-order valence-corrected chi connectivity index (χ4v) is 15.3. The monoisotopic (exact) mass is 1580 g/mol. The number of carbonyl (C=O) groups excluding carboxylic acids is 4. The van der Waals surface area contributed by atoms with Crippen LogP contribution in [0.1, 0.15) is 466 Å². The minimum atomic E-state index is -4.97. The highest BCUT2D eigenvalue weighted by Crippen LogP contribution is 2.45. The number of aliphatic hydroxyl groups excluding tert-OH is 1. The quantitative estimate of drug-likeness (QED) is 0.0222. The van der Waals surface area contributed by atoms with E-state index in [2.05, 4.69) is 55.4 Å². The van der Waals surface area contributed by atoms with Crippen molar-refractivity contribution in [2.45, 2.75) is 485 Å². The third-order valence-corrected chi connectivity index (χ3v) is 23.8. The van der Waals surface area contributed by atoms with Crippen LogP contribution in [0.25, 0.3) is 0 Å². The maximum absolute atomic E-state index is 13.2. The lowest BCUT2D eigenvalue weighted by Crippen LogP contribution is -2.30. The Bertz CT molecular complexity index is 2100. The smallest absolute Gasteiger partial charge is 0.462 e. The molecule has 3 N–H and O–H groups in total. The standard InChI is InChI=1S/C89H174O17P2/c1-9-80(6)66-58-50-42-36-30-24-18-14-12-13-15-19-26-32-38-44-53-61-69-86(91)99-75-84(105-88(93)71-63-55-45-39-33-27-20-16-17-23-29-35-41-49-57-65-79(4)5)77-103-107(95,96)101-73-83(90)74-102-108(97,98)104-78-85(76-100-87(92)70-62-54-48-47-52-60-68-82(8)11-3)106-89(94)72-64-56-46-40-34-28-22-21-25-31-37-43-51-59-67-81(7)10-2/h79-85,90H,9-78H2,1-8H3,(H,95,96)(H,97,98)/t80?,81?,82?,83-,84-,85-/m1/s1. The first kappa shape index (κ1) is 106. The third kappa shape index (κ3) is 78.0. The van der Waals surface area contributed by atoms with Gasteiger partial charge in [0.25, 0.3) is 0 Å². The second kappa shape index (κ2) is 77.6. The lowest BCUT2D eigenvalue weighted by Gasteiger charge is -2.21. The van der Waals surface area contributed by atoms with Gasteiger partial charge in [-0.15, -0.1) is 0 Å². The molecule has 0 aromatic heterocycles. The fourth-order valence-electron chi connectivity index (χ4n) is 13.8. The molecule has 0 spiro atoms. The van der Waals surface area contributed by atoms with E-state index in [4.69, 9.17) is 37.0 Å². The number of aliphatic hydroxyl groups is 1. The van der Waals surface area contributed by atoms with E-state index in [0.29, 0.717) is 25.7 Å². The van der Waals surface area contributed by atoms with Gasteiger partial charge in [-0.05, 0) is 49.4 Å². The predicted molar refractivity (Wildman–Crippen MR) is 446 cm³/mol. The number of hydrogen-bond donors (Lipinski definition) is 3. The third-order valence-electron chi connectivity index (χ3n) is 21.9. The Morgan fingerprint density at radius 1 is 0.259 bits per heavy atom. The zero-order valence-electron chi connectivity index (χ0n) is 71.5. The molecule has 0 bridgehead atoms. The Hall–Kier alpha value is -1.94. The molecule has 17 nitrogen and oxygen atoms in total. The van der Waals surface area contributed by atoms with Crippen LogP contribution in [0.5, 0.6) is 0 Å². The Labute approximate surface area is 664 Å². The summed E-state index contributed by atoms with van der Waals surface area (Å²) in [5, 5.41) is 10.7. The minimum Gasteiger partial charge on any atom is -0.462 e. The van der Waals surface area contributed by atoms with Gasteiger partial charge in [-0.25, -0.2) is 9.13 Å². The van der Waals surface area contributed by atoms with E-state index in [1.807, 2.05) is 0 Å². The number of hydrogen-bond acceptors (Lipinski definition) is 15. The molecule has 642 valence electrons. The lowest BCUT2D eigenvalue weighted by molar-refractivity contribution is -0.161. The van der Waals surface area contributed by atoms with E-state index < -0.39 is 97.5 Å². The molecule has 0 amide bonds. The Morgan fingerprint density at radius 3 is 0.657 bits per heavy atom. The number of phosphoric ester groups is 2. The Morgan fingerprint density at radius 2 is 0.444 bits per heavy atom. The van der Waals surface area contributed by atoms with Gasteiger partial charge in [0.05, 0.1) is 26.4 Å². The number of ether oxygens (including phenoxy) is 4. The van der Waals surface area contributed by atoms with E-state index in [1.165, 1.54) is 263 Å². The van der Waals surface area contributed by atoms with Gasteiger partial charge in [0.2, 0.25) is 0 Å². The molecule has 108 heavy (non-hydrogen) atoms. The number of esters is 4. The Balaban J connectivity index is 5.22. The summed E-state index contributed by atoms with van der Waals surface area (Å²) in [5.41, 5.74) is 0. The van der Waals surface area contributed by atoms with Crippen molar-refractivity contribution in [3.05, 3.63) is 0 Å². The van der Waals surface area contributed by atoms with E-state index in [1.54, 1.807) is 0 Å². The second-order valence-electron chi connectivity index (χ2n) is 33.2. The summed E-state index contributed by atoms with van der Waals surface area (Å²) < 4.78 is 69.0. The van der Waals surface area contributed by atoms with Gasteiger partial charge >= 0.3 is 39.5 Å². The van der Waals surface area contributed by atoms with Crippen LogP contribution in [-0.4, -0.2) is 96.7 Å². The van der Waals surface area contributed by atoms with Crippen molar-refractivity contribution in [1.82, 2.24) is 0 Å². The van der Waals surface area contributed by atoms with Crippen LogP contribution in [0, 0.1) is 23.7 Å². The number of rotatable bonds is 86. The van der Waals surface area contributed by atoms with Crippen LogP contribution >= 0.6 is 15.6 Å². The molecular weight excluding hydrogens is 1400 g/mol. The summed E-state index contributed by atoms with van der Waals surface area (Å²) in [6, 6.07) is 0. The van der Waals surface area contributed by atoms with Crippen LogP contribution in [0.2, 0.25) is 0 Å². The van der Waals surface area contributed by atoms with Gasteiger partial charge in [0.1, 0.15) is 19.3 Å². The van der Waals surface area contributed by atoms with Crippen molar-refractivity contribution >= 4 is 39.5 Å². The SMILES string of the molecule is CCC(C)CCCCCCCCCCCCCCCCCCCCC(=O)OC[C@H](COP(=O)(O)OC[C@@H](O)COP(=O)(O)OC[C@@H](COC(=O)CCCCCCCCC(C)CC)OC(=O)CCCCCCCCCCCCCCCCC(C)CC)OC(=O)CCCCCCCCCCCCCCCCCC(C)C. The van der Waals surface area contributed by atoms with Gasteiger partial charge in [-0.2, -0.15) is 0 Å². The van der Waals surface area contributed by atoms with Gasteiger partial charge < -0.3 is 33.8 Å². The van der Waals surface area contributed by atoms with Crippen LogP contribution in [0.15, 0.2) is 0 Å². The lowest BCUT2D eigenvalue weighted by atomic mass is 9.99. The molecule has 0 aliphatic carbocycles.